The van der Waals surface area contributed by atoms with E-state index in [2.05, 4.69) is 74.6 Å². The molecule has 6 N–H and O–H groups in total. The number of esters is 2. The van der Waals surface area contributed by atoms with Crippen LogP contribution in [0.1, 0.15) is 168 Å². The molecule has 1 aliphatic rings. The molecule has 0 radical (unpaired) electrons. The van der Waals surface area contributed by atoms with Gasteiger partial charge in [-0.05, 0) is 77.0 Å². The number of hydrogen-bond acceptors (Lipinski definition) is 12. The Hall–Kier alpha value is -2.45. The molecule has 0 aromatic rings. The Morgan fingerprint density at radius 2 is 0.934 bits per heavy atom. The van der Waals surface area contributed by atoms with Crippen LogP contribution in [0.15, 0.2) is 60.8 Å². The van der Waals surface area contributed by atoms with Crippen molar-refractivity contribution in [3.63, 3.8) is 0 Å². The highest BCUT2D eigenvalue weighted by Crippen LogP contribution is 2.47. The highest BCUT2D eigenvalue weighted by Gasteiger charge is 2.51. The monoisotopic (exact) mass is 885 g/mol. The van der Waals surface area contributed by atoms with Crippen molar-refractivity contribution in [2.24, 2.45) is 0 Å². The normalized spacial score (nSPS) is 22.6. The second kappa shape index (κ2) is 37.0. The van der Waals surface area contributed by atoms with Crippen molar-refractivity contribution in [3.8, 4) is 0 Å². The summed E-state index contributed by atoms with van der Waals surface area (Å²) in [5, 5.41) is 50.1. The minimum atomic E-state index is -5.13. The highest BCUT2D eigenvalue weighted by atomic mass is 31.2. The largest absolute Gasteiger partial charge is 0.472 e. The minimum Gasteiger partial charge on any atom is -0.462 e. The molecule has 0 bridgehead atoms. The quantitative estimate of drug-likeness (QED) is 0.0149. The second-order valence-corrected chi connectivity index (χ2v) is 17.3. The Balaban J connectivity index is 2.49. The Bertz CT molecular complexity index is 1300. The zero-order valence-electron chi connectivity index (χ0n) is 37.2. The van der Waals surface area contributed by atoms with Crippen LogP contribution in [0.4, 0.5) is 0 Å². The molecule has 14 heteroatoms. The van der Waals surface area contributed by atoms with Crippen LogP contribution in [0, 0.1) is 0 Å². The first kappa shape index (κ1) is 56.6. The van der Waals surface area contributed by atoms with Crippen LogP contribution >= 0.6 is 7.82 Å². The van der Waals surface area contributed by atoms with E-state index in [1.807, 2.05) is 0 Å². The van der Waals surface area contributed by atoms with Crippen LogP contribution in [0.25, 0.3) is 0 Å². The molecule has 352 valence electrons. The number of allylic oxidation sites excluding steroid dienone is 10. The molecule has 6 unspecified atom stereocenters. The summed E-state index contributed by atoms with van der Waals surface area (Å²) >= 11 is 0. The standard InChI is InChI=1S/C47H81O13P/c1-3-5-7-9-11-13-15-17-19-20-22-24-26-28-30-32-34-36-41(49)59-39(38-58-61(55,56)60-47-45(53)43(51)42(50)44(52)46(47)54)37-57-40(48)35-33-31-29-27-25-23-21-18-16-14-12-10-8-6-4-2/h6,8,12,14,17-19,21,25,27,39,42-47,50-54H,3-5,7,9-11,13,15-16,20,22-24,26,28-38H2,1-2H3,(H,55,56)/b8-6+,14-12+,19-17+,21-18+,27-25+/t39-,42?,43+,44?,45?,46?,47?/m1/s1. The first-order valence-corrected chi connectivity index (χ1v) is 24.6. The summed E-state index contributed by atoms with van der Waals surface area (Å²) in [5.74, 6) is -1.16. The Morgan fingerprint density at radius 1 is 0.525 bits per heavy atom. The topological polar surface area (TPSA) is 210 Å². The zero-order valence-corrected chi connectivity index (χ0v) is 38.1. The molecule has 0 amide bonds. The number of carbonyl (C=O) groups is 2. The van der Waals surface area contributed by atoms with Crippen molar-refractivity contribution < 1.29 is 63.1 Å². The van der Waals surface area contributed by atoms with Gasteiger partial charge >= 0.3 is 19.8 Å². The number of rotatable bonds is 37. The first-order chi connectivity index (χ1) is 29.4. The smallest absolute Gasteiger partial charge is 0.462 e. The average molecular weight is 885 g/mol. The summed E-state index contributed by atoms with van der Waals surface area (Å²) in [6.07, 6.45) is 31.3. The lowest BCUT2D eigenvalue weighted by Gasteiger charge is -2.41. The van der Waals surface area contributed by atoms with E-state index in [1.54, 1.807) is 0 Å². The van der Waals surface area contributed by atoms with E-state index in [0.717, 1.165) is 77.0 Å². The molecule has 0 spiro atoms. The number of phosphoric acid groups is 1. The van der Waals surface area contributed by atoms with Crippen molar-refractivity contribution in [1.29, 1.82) is 0 Å². The molecule has 0 saturated heterocycles. The molecule has 0 heterocycles. The number of phosphoric ester groups is 1. The van der Waals surface area contributed by atoms with Gasteiger partial charge in [-0.1, -0.05) is 139 Å². The van der Waals surface area contributed by atoms with Crippen LogP contribution in [0.3, 0.4) is 0 Å². The molecule has 13 nitrogen and oxygen atoms in total. The van der Waals surface area contributed by atoms with E-state index in [9.17, 15) is 44.6 Å². The lowest BCUT2D eigenvalue weighted by atomic mass is 9.85. The second-order valence-electron chi connectivity index (χ2n) is 15.9. The molecular formula is C47H81O13P. The Kier molecular flexibility index (Phi) is 34.3. The van der Waals surface area contributed by atoms with Gasteiger partial charge in [0.05, 0.1) is 6.61 Å². The van der Waals surface area contributed by atoms with E-state index in [-0.39, 0.29) is 12.8 Å². The number of hydrogen-bond donors (Lipinski definition) is 6. The number of carbonyl (C=O) groups excluding carboxylic acids is 2. The lowest BCUT2D eigenvalue weighted by molar-refractivity contribution is -0.220. The first-order valence-electron chi connectivity index (χ1n) is 23.1. The van der Waals surface area contributed by atoms with Crippen molar-refractivity contribution in [1.82, 2.24) is 0 Å². The van der Waals surface area contributed by atoms with Crippen LogP contribution in [0.5, 0.6) is 0 Å². The van der Waals surface area contributed by atoms with Gasteiger partial charge in [0.15, 0.2) is 6.10 Å². The minimum absolute atomic E-state index is 0.0803. The van der Waals surface area contributed by atoms with Crippen molar-refractivity contribution >= 4 is 19.8 Å². The molecule has 8 atom stereocenters. The summed E-state index contributed by atoms with van der Waals surface area (Å²) < 4.78 is 33.5. The van der Waals surface area contributed by atoms with Gasteiger partial charge in [0, 0.05) is 12.8 Å². The van der Waals surface area contributed by atoms with Crippen LogP contribution in [-0.4, -0.2) is 98.3 Å². The summed E-state index contributed by atoms with van der Waals surface area (Å²) in [4.78, 5) is 35.7. The van der Waals surface area contributed by atoms with Crippen LogP contribution in [-0.2, 0) is 32.7 Å². The third-order valence-electron chi connectivity index (χ3n) is 10.3. The van der Waals surface area contributed by atoms with E-state index >= 15 is 0 Å². The van der Waals surface area contributed by atoms with Gasteiger partial charge in [0.2, 0.25) is 0 Å². The van der Waals surface area contributed by atoms with Crippen LogP contribution < -0.4 is 0 Å². The molecule has 0 aromatic carbocycles. The molecule has 0 aromatic heterocycles. The number of aliphatic hydroxyl groups is 5. The Morgan fingerprint density at radius 3 is 1.48 bits per heavy atom. The maximum Gasteiger partial charge on any atom is 0.472 e. The third-order valence-corrected chi connectivity index (χ3v) is 11.3. The number of ether oxygens (including phenoxy) is 2. The average Bonchev–Trinajstić information content (AvgIpc) is 3.24. The Labute approximate surface area is 366 Å². The summed E-state index contributed by atoms with van der Waals surface area (Å²) in [7, 11) is -5.13. The van der Waals surface area contributed by atoms with Gasteiger partial charge in [0.25, 0.3) is 0 Å². The SMILES string of the molecule is CC/C=C/C/C=C/C/C=C/C/C=C/CCCCC(=O)OC[C@H](COP(=O)(O)OC1C(O)C(O)C(O)[C@H](O)C1O)OC(=O)CCCCCCCCC/C=C/CCCCCCCC. The lowest BCUT2D eigenvalue weighted by Crippen LogP contribution is -2.64. The third kappa shape index (κ3) is 29.5. The molecule has 1 saturated carbocycles. The fourth-order valence-corrected chi connectivity index (χ4v) is 7.60. The van der Waals surface area contributed by atoms with Gasteiger partial charge < -0.3 is 39.9 Å². The van der Waals surface area contributed by atoms with E-state index in [4.69, 9.17) is 18.5 Å². The van der Waals surface area contributed by atoms with Gasteiger partial charge in [0.1, 0.15) is 43.2 Å². The van der Waals surface area contributed by atoms with Crippen LogP contribution in [0.2, 0.25) is 0 Å². The fourth-order valence-electron chi connectivity index (χ4n) is 6.62. The maximum absolute atomic E-state index is 12.8. The van der Waals surface area contributed by atoms with Crippen molar-refractivity contribution in [2.45, 2.75) is 211 Å². The molecule has 0 aliphatic heterocycles. The van der Waals surface area contributed by atoms with E-state index < -0.39 is 75.7 Å². The predicted octanol–water partition coefficient (Wildman–Crippen LogP) is 8.94. The molecule has 61 heavy (non-hydrogen) atoms. The maximum atomic E-state index is 12.8. The van der Waals surface area contributed by atoms with Crippen molar-refractivity contribution in [3.05, 3.63) is 60.8 Å². The van der Waals surface area contributed by atoms with Gasteiger partial charge in [-0.25, -0.2) is 4.57 Å². The zero-order chi connectivity index (χ0) is 45.0. The summed E-state index contributed by atoms with van der Waals surface area (Å²) in [6.45, 7) is 3.13. The number of aliphatic hydroxyl groups excluding tert-OH is 5. The van der Waals surface area contributed by atoms with E-state index in [1.165, 1.54) is 51.4 Å². The van der Waals surface area contributed by atoms with Crippen molar-refractivity contribution in [2.75, 3.05) is 13.2 Å². The summed E-state index contributed by atoms with van der Waals surface area (Å²) in [6, 6.07) is 0. The van der Waals surface area contributed by atoms with Gasteiger partial charge in [-0.15, -0.1) is 0 Å². The fraction of sp³-hybridized carbons (Fsp3) is 0.745. The van der Waals surface area contributed by atoms with E-state index in [0.29, 0.717) is 12.8 Å². The molecular weight excluding hydrogens is 803 g/mol. The molecule has 1 rings (SSSR count). The summed E-state index contributed by atoms with van der Waals surface area (Å²) in [5.41, 5.74) is 0. The highest BCUT2D eigenvalue weighted by molar-refractivity contribution is 7.47. The molecule has 1 fully saturated rings. The van der Waals surface area contributed by atoms with Gasteiger partial charge in [-0.3, -0.25) is 18.6 Å². The molecule has 1 aliphatic carbocycles. The number of unbranched alkanes of at least 4 members (excludes halogenated alkanes) is 15. The van der Waals surface area contributed by atoms with Gasteiger partial charge in [-0.2, -0.15) is 0 Å². The predicted molar refractivity (Wildman–Crippen MR) is 239 cm³/mol.